The van der Waals surface area contributed by atoms with Gasteiger partial charge in [0.05, 0.1) is 17.8 Å². The number of halogens is 1. The van der Waals surface area contributed by atoms with Crippen LogP contribution in [0.15, 0.2) is 24.8 Å². The monoisotopic (exact) mass is 255 g/mol. The fourth-order valence-electron chi connectivity index (χ4n) is 1.12. The van der Waals surface area contributed by atoms with Gasteiger partial charge in [0.15, 0.2) is 11.5 Å². The smallest absolute Gasteiger partial charge is 0.298 e. The van der Waals surface area contributed by atoms with Gasteiger partial charge in [-0.05, 0) is 6.08 Å². The summed E-state index contributed by atoms with van der Waals surface area (Å²) in [6.07, 6.45) is 1.11. The topological polar surface area (TPSA) is 64.6 Å². The van der Waals surface area contributed by atoms with Crippen LogP contribution in [0.3, 0.4) is 0 Å². The van der Waals surface area contributed by atoms with Crippen LogP contribution in [0.2, 0.25) is 5.02 Å². The van der Waals surface area contributed by atoms with E-state index in [1.165, 1.54) is 19.2 Å². The van der Waals surface area contributed by atoms with Crippen molar-refractivity contribution in [1.29, 1.82) is 0 Å². The Morgan fingerprint density at radius 1 is 1.47 bits per heavy atom. The van der Waals surface area contributed by atoms with Gasteiger partial charge in [0, 0.05) is 12.1 Å². The minimum absolute atomic E-state index is 0.170. The second kappa shape index (κ2) is 5.91. The molecular weight excluding hydrogens is 246 g/mol. The van der Waals surface area contributed by atoms with Gasteiger partial charge in [-0.2, -0.15) is 0 Å². The third kappa shape index (κ3) is 3.22. The summed E-state index contributed by atoms with van der Waals surface area (Å²) in [4.78, 5) is 21.4. The number of hydrogen-bond acceptors (Lipinski definition) is 4. The minimum Gasteiger partial charge on any atom is -0.493 e. The second-order valence-corrected chi connectivity index (χ2v) is 3.30. The summed E-state index contributed by atoms with van der Waals surface area (Å²) in [6, 6.07) is 2.82. The molecule has 0 aliphatic rings. The first-order chi connectivity index (χ1) is 8.12. The standard InChI is InChI=1S/C11H10ClNO4/c1-3-11(15)13-8-5-9(16-2)10(17-6-14)4-7(8)12/h3-6H,1H2,2H3,(H,13,15). The molecule has 0 fully saturated rings. The lowest BCUT2D eigenvalue weighted by atomic mass is 10.2. The third-order valence-corrected chi connectivity index (χ3v) is 2.18. The van der Waals surface area contributed by atoms with E-state index in [0.717, 1.165) is 6.08 Å². The van der Waals surface area contributed by atoms with E-state index in [1.54, 1.807) is 0 Å². The zero-order valence-electron chi connectivity index (χ0n) is 9.03. The molecule has 0 saturated carbocycles. The van der Waals surface area contributed by atoms with Crippen LogP contribution in [0.4, 0.5) is 5.69 Å². The van der Waals surface area contributed by atoms with Gasteiger partial charge in [-0.3, -0.25) is 9.59 Å². The Kier molecular flexibility index (Phi) is 4.54. The Hall–Kier alpha value is -2.01. The first-order valence-electron chi connectivity index (χ1n) is 4.53. The van der Waals surface area contributed by atoms with Gasteiger partial charge < -0.3 is 14.8 Å². The molecule has 5 nitrogen and oxygen atoms in total. The van der Waals surface area contributed by atoms with Gasteiger partial charge in [0.1, 0.15) is 0 Å². The van der Waals surface area contributed by atoms with E-state index in [9.17, 15) is 9.59 Å². The average molecular weight is 256 g/mol. The Balaban J connectivity index is 3.12. The molecule has 0 radical (unpaired) electrons. The van der Waals surface area contributed by atoms with Crippen molar-refractivity contribution < 1.29 is 19.1 Å². The average Bonchev–Trinajstić information content (AvgIpc) is 2.32. The normalized spacial score (nSPS) is 9.29. The third-order valence-electron chi connectivity index (χ3n) is 1.87. The van der Waals surface area contributed by atoms with Gasteiger partial charge in [0.25, 0.3) is 6.47 Å². The van der Waals surface area contributed by atoms with Crippen LogP contribution in [-0.2, 0) is 9.59 Å². The highest BCUT2D eigenvalue weighted by molar-refractivity contribution is 6.34. The van der Waals surface area contributed by atoms with Crippen molar-refractivity contribution in [1.82, 2.24) is 0 Å². The Morgan fingerprint density at radius 3 is 2.71 bits per heavy atom. The number of anilines is 1. The molecule has 90 valence electrons. The molecule has 1 aromatic carbocycles. The number of benzene rings is 1. The van der Waals surface area contributed by atoms with Crippen molar-refractivity contribution in [2.45, 2.75) is 0 Å². The number of carbonyl (C=O) groups excluding carboxylic acids is 2. The van der Waals surface area contributed by atoms with Crippen LogP contribution >= 0.6 is 11.6 Å². The van der Waals surface area contributed by atoms with Gasteiger partial charge >= 0.3 is 0 Å². The molecule has 1 amide bonds. The largest absolute Gasteiger partial charge is 0.493 e. The van der Waals surface area contributed by atoms with Crippen LogP contribution in [0.1, 0.15) is 0 Å². The SMILES string of the molecule is C=CC(=O)Nc1cc(OC)c(OC=O)cc1Cl. The molecule has 1 N–H and O–H groups in total. The van der Waals surface area contributed by atoms with Gasteiger partial charge in [-0.15, -0.1) is 0 Å². The van der Waals surface area contributed by atoms with E-state index >= 15 is 0 Å². The van der Waals surface area contributed by atoms with E-state index in [-0.39, 0.29) is 23.0 Å². The summed E-state index contributed by atoms with van der Waals surface area (Å²) >= 11 is 5.89. The number of nitrogens with one attached hydrogen (secondary N) is 1. The Morgan fingerprint density at radius 2 is 2.18 bits per heavy atom. The van der Waals surface area contributed by atoms with Crippen LogP contribution in [0.25, 0.3) is 0 Å². The molecule has 1 aromatic rings. The lowest BCUT2D eigenvalue weighted by Gasteiger charge is -2.11. The van der Waals surface area contributed by atoms with E-state index in [4.69, 9.17) is 16.3 Å². The number of methoxy groups -OCH3 is 1. The summed E-state index contributed by atoms with van der Waals surface area (Å²) in [5.74, 6) is 0.0444. The predicted octanol–water partition coefficient (Wildman–Crippen LogP) is 2.01. The fraction of sp³-hybridized carbons (Fsp3) is 0.0909. The summed E-state index contributed by atoms with van der Waals surface area (Å²) in [6.45, 7) is 3.58. The van der Waals surface area contributed by atoms with Gasteiger partial charge in [-0.1, -0.05) is 18.2 Å². The zero-order chi connectivity index (χ0) is 12.8. The highest BCUT2D eigenvalue weighted by Crippen LogP contribution is 2.35. The molecule has 1 rings (SSSR count). The van der Waals surface area contributed by atoms with Crippen LogP contribution in [-0.4, -0.2) is 19.5 Å². The predicted molar refractivity (Wildman–Crippen MR) is 63.5 cm³/mol. The van der Waals surface area contributed by atoms with Crippen molar-refractivity contribution >= 4 is 29.7 Å². The van der Waals surface area contributed by atoms with Crippen molar-refractivity contribution in [3.63, 3.8) is 0 Å². The van der Waals surface area contributed by atoms with Crippen LogP contribution in [0, 0.1) is 0 Å². The molecule has 6 heteroatoms. The molecule has 0 spiro atoms. The quantitative estimate of drug-likeness (QED) is 0.646. The lowest BCUT2D eigenvalue weighted by Crippen LogP contribution is -2.08. The van der Waals surface area contributed by atoms with Crippen molar-refractivity contribution in [2.24, 2.45) is 0 Å². The highest BCUT2D eigenvalue weighted by Gasteiger charge is 2.11. The number of hydrogen-bond donors (Lipinski definition) is 1. The minimum atomic E-state index is -0.405. The number of amides is 1. The van der Waals surface area contributed by atoms with E-state index < -0.39 is 5.91 Å². The zero-order valence-corrected chi connectivity index (χ0v) is 9.78. The maximum atomic E-state index is 11.1. The Labute approximate surface area is 103 Å². The molecule has 0 bridgehead atoms. The van der Waals surface area contributed by atoms with E-state index in [0.29, 0.717) is 5.69 Å². The summed E-state index contributed by atoms with van der Waals surface area (Å²) in [5, 5.41) is 2.71. The molecule has 0 unspecified atom stereocenters. The molecule has 0 saturated heterocycles. The lowest BCUT2D eigenvalue weighted by molar-refractivity contribution is -0.120. The first-order valence-corrected chi connectivity index (χ1v) is 4.91. The Bertz CT molecular complexity index is 459. The van der Waals surface area contributed by atoms with Crippen molar-refractivity contribution in [2.75, 3.05) is 12.4 Å². The maximum absolute atomic E-state index is 11.1. The summed E-state index contributed by atoms with van der Waals surface area (Å²) in [5.41, 5.74) is 0.340. The molecule has 0 heterocycles. The van der Waals surface area contributed by atoms with E-state index in [2.05, 4.69) is 16.6 Å². The van der Waals surface area contributed by atoms with Gasteiger partial charge in [-0.25, -0.2) is 0 Å². The molecule has 0 aromatic heterocycles. The first kappa shape index (κ1) is 13.1. The highest BCUT2D eigenvalue weighted by atomic mass is 35.5. The molecular formula is C11H10ClNO4. The second-order valence-electron chi connectivity index (χ2n) is 2.89. The van der Waals surface area contributed by atoms with Gasteiger partial charge in [0.2, 0.25) is 5.91 Å². The summed E-state index contributed by atoms with van der Waals surface area (Å²) < 4.78 is 9.66. The molecule has 0 aliphatic heterocycles. The maximum Gasteiger partial charge on any atom is 0.298 e. The number of carbonyl (C=O) groups is 2. The van der Waals surface area contributed by atoms with Crippen LogP contribution < -0.4 is 14.8 Å². The van der Waals surface area contributed by atoms with Crippen molar-refractivity contribution in [3.8, 4) is 11.5 Å². The summed E-state index contributed by atoms with van der Waals surface area (Å²) in [7, 11) is 1.40. The van der Waals surface area contributed by atoms with Crippen molar-refractivity contribution in [3.05, 3.63) is 29.8 Å². The molecule has 0 aliphatic carbocycles. The fourth-order valence-corrected chi connectivity index (χ4v) is 1.32. The molecule has 0 atom stereocenters. The van der Waals surface area contributed by atoms with E-state index in [1.807, 2.05) is 0 Å². The number of rotatable bonds is 5. The number of ether oxygens (including phenoxy) is 2. The van der Waals surface area contributed by atoms with Crippen LogP contribution in [0.5, 0.6) is 11.5 Å². The molecule has 17 heavy (non-hydrogen) atoms.